The summed E-state index contributed by atoms with van der Waals surface area (Å²) in [5, 5.41) is 0.299. The Kier molecular flexibility index (Phi) is 5.59. The van der Waals surface area contributed by atoms with Gasteiger partial charge in [0.25, 0.3) is 5.91 Å². The van der Waals surface area contributed by atoms with Crippen LogP contribution in [0.1, 0.15) is 56.8 Å². The molecular formula is C23H30Cl2N4O4. The Bertz CT molecular complexity index is 992. The van der Waals surface area contributed by atoms with E-state index in [0.29, 0.717) is 42.2 Å². The van der Waals surface area contributed by atoms with Gasteiger partial charge in [0.2, 0.25) is 0 Å². The van der Waals surface area contributed by atoms with Gasteiger partial charge >= 0.3 is 6.09 Å². The lowest BCUT2D eigenvalue weighted by molar-refractivity contribution is 0.000955. The fourth-order valence-electron chi connectivity index (χ4n) is 5.34. The van der Waals surface area contributed by atoms with Gasteiger partial charge in [-0.05, 0) is 45.4 Å². The average molecular weight is 497 g/mol. The summed E-state index contributed by atoms with van der Waals surface area (Å²) in [5.41, 5.74) is 0.129. The van der Waals surface area contributed by atoms with Crippen molar-refractivity contribution in [2.45, 2.75) is 58.1 Å². The number of nitrogens with zero attached hydrogens (tertiary/aromatic N) is 4. The van der Waals surface area contributed by atoms with E-state index in [0.717, 1.165) is 19.5 Å². The van der Waals surface area contributed by atoms with Crippen molar-refractivity contribution < 1.29 is 19.1 Å². The lowest BCUT2D eigenvalue weighted by Crippen LogP contribution is -2.58. The van der Waals surface area contributed by atoms with Crippen LogP contribution in [0, 0.1) is 5.41 Å². The quantitative estimate of drug-likeness (QED) is 0.541. The molecule has 1 aliphatic carbocycles. The normalized spacial score (nSPS) is 24.1. The summed E-state index contributed by atoms with van der Waals surface area (Å²) in [7, 11) is 0. The fraction of sp³-hybridized carbons (Fsp3) is 0.696. The minimum absolute atomic E-state index is 0.142. The van der Waals surface area contributed by atoms with Crippen molar-refractivity contribution in [2.75, 3.05) is 44.2 Å². The molecule has 4 aliphatic rings. The number of halogens is 2. The molecule has 5 rings (SSSR count). The number of ether oxygens (including phenoxy) is 2. The van der Waals surface area contributed by atoms with Gasteiger partial charge < -0.3 is 24.2 Å². The van der Waals surface area contributed by atoms with Crippen LogP contribution in [0.4, 0.5) is 10.6 Å². The van der Waals surface area contributed by atoms with Crippen LogP contribution in [-0.2, 0) is 4.74 Å². The molecule has 8 nitrogen and oxygen atoms in total. The third kappa shape index (κ3) is 4.09. The largest absolute Gasteiger partial charge is 0.489 e. The predicted molar refractivity (Wildman–Crippen MR) is 125 cm³/mol. The molecule has 0 bridgehead atoms. The van der Waals surface area contributed by atoms with Crippen LogP contribution in [-0.4, -0.2) is 77.8 Å². The van der Waals surface area contributed by atoms with Crippen LogP contribution in [0.15, 0.2) is 0 Å². The lowest BCUT2D eigenvalue weighted by atomic mass is 9.68. The number of fused-ring (bicyclic) bond motifs is 2. The number of pyridine rings is 1. The van der Waals surface area contributed by atoms with E-state index in [1.165, 1.54) is 19.3 Å². The first-order chi connectivity index (χ1) is 15.6. The molecule has 1 spiro atoms. The summed E-state index contributed by atoms with van der Waals surface area (Å²) in [6.45, 7) is 8.52. The van der Waals surface area contributed by atoms with Gasteiger partial charge in [-0.2, -0.15) is 0 Å². The van der Waals surface area contributed by atoms with Gasteiger partial charge in [-0.15, -0.1) is 0 Å². The molecule has 10 heteroatoms. The van der Waals surface area contributed by atoms with Crippen molar-refractivity contribution in [1.29, 1.82) is 0 Å². The molecule has 180 valence electrons. The van der Waals surface area contributed by atoms with E-state index in [-0.39, 0.29) is 34.8 Å². The van der Waals surface area contributed by atoms with E-state index >= 15 is 0 Å². The van der Waals surface area contributed by atoms with Crippen molar-refractivity contribution in [1.82, 2.24) is 14.8 Å². The van der Waals surface area contributed by atoms with Crippen molar-refractivity contribution in [2.24, 2.45) is 5.41 Å². The molecule has 1 aromatic heterocycles. The summed E-state index contributed by atoms with van der Waals surface area (Å²) in [5.74, 6) is 0.680. The van der Waals surface area contributed by atoms with Crippen LogP contribution in [0.5, 0.6) is 5.75 Å². The molecule has 3 fully saturated rings. The third-order valence-corrected chi connectivity index (χ3v) is 7.94. The summed E-state index contributed by atoms with van der Waals surface area (Å²) >= 11 is 12.9. The SMILES string of the molecule is CC(C)(C)OC(=O)N1CCN2C(=O)c3c(N4CCC5(CCC5)C4)nc(Cl)c(Cl)c3OC[C@H]2C1. The maximum Gasteiger partial charge on any atom is 0.410 e. The number of carbonyl (C=O) groups is 2. The first kappa shape index (κ1) is 22.8. The summed E-state index contributed by atoms with van der Waals surface area (Å²) in [6.07, 6.45) is 4.39. The average Bonchev–Trinajstić information content (AvgIpc) is 3.13. The highest BCUT2D eigenvalue weighted by molar-refractivity contribution is 6.42. The Morgan fingerprint density at radius 1 is 1.18 bits per heavy atom. The highest BCUT2D eigenvalue weighted by Gasteiger charge is 2.46. The Morgan fingerprint density at radius 2 is 1.94 bits per heavy atom. The molecule has 2 amide bonds. The van der Waals surface area contributed by atoms with Crippen LogP contribution in [0.3, 0.4) is 0 Å². The van der Waals surface area contributed by atoms with E-state index in [4.69, 9.17) is 32.7 Å². The third-order valence-electron chi connectivity index (χ3n) is 7.22. The van der Waals surface area contributed by atoms with Crippen molar-refractivity contribution in [3.8, 4) is 5.75 Å². The summed E-state index contributed by atoms with van der Waals surface area (Å²) < 4.78 is 11.6. The number of amides is 2. The van der Waals surface area contributed by atoms with Crippen LogP contribution in [0.2, 0.25) is 10.2 Å². The molecule has 1 saturated carbocycles. The number of carbonyl (C=O) groups excluding carboxylic acids is 2. The number of hydrogen-bond acceptors (Lipinski definition) is 6. The second kappa shape index (κ2) is 8.08. The van der Waals surface area contributed by atoms with Gasteiger partial charge in [-0.3, -0.25) is 4.79 Å². The lowest BCUT2D eigenvalue weighted by Gasteiger charge is -2.40. The van der Waals surface area contributed by atoms with Crippen LogP contribution >= 0.6 is 23.2 Å². The molecule has 0 aromatic carbocycles. The molecule has 0 radical (unpaired) electrons. The number of rotatable bonds is 1. The first-order valence-electron chi connectivity index (χ1n) is 11.6. The molecule has 4 heterocycles. The van der Waals surface area contributed by atoms with Crippen molar-refractivity contribution in [3.05, 3.63) is 15.7 Å². The predicted octanol–water partition coefficient (Wildman–Crippen LogP) is 4.22. The van der Waals surface area contributed by atoms with Gasteiger partial charge in [-0.25, -0.2) is 9.78 Å². The van der Waals surface area contributed by atoms with E-state index < -0.39 is 5.60 Å². The second-order valence-electron chi connectivity index (χ2n) is 10.7. The molecule has 1 aromatic rings. The number of anilines is 1. The molecule has 0 unspecified atom stereocenters. The Hall–Kier alpha value is -1.93. The Morgan fingerprint density at radius 3 is 2.58 bits per heavy atom. The van der Waals surface area contributed by atoms with Crippen LogP contribution < -0.4 is 9.64 Å². The molecule has 3 aliphatic heterocycles. The van der Waals surface area contributed by atoms with E-state index in [1.54, 1.807) is 9.80 Å². The Labute approximate surface area is 204 Å². The van der Waals surface area contributed by atoms with Gasteiger partial charge in [0.15, 0.2) is 10.9 Å². The summed E-state index contributed by atoms with van der Waals surface area (Å²) in [6, 6.07) is -0.314. The second-order valence-corrected chi connectivity index (χ2v) is 11.4. The van der Waals surface area contributed by atoms with E-state index in [1.807, 2.05) is 20.8 Å². The van der Waals surface area contributed by atoms with Gasteiger partial charge in [0, 0.05) is 32.7 Å². The zero-order valence-electron chi connectivity index (χ0n) is 19.3. The molecule has 2 saturated heterocycles. The van der Waals surface area contributed by atoms with Gasteiger partial charge in [0.05, 0.1) is 6.04 Å². The minimum atomic E-state index is -0.585. The highest BCUT2D eigenvalue weighted by Crippen LogP contribution is 2.50. The highest BCUT2D eigenvalue weighted by atomic mass is 35.5. The standard InChI is InChI=1S/C23H30Cl2N4O4/c1-22(2,3)33-21(31)27-9-10-29-14(11-27)12-32-17-15(20(29)30)19(26-18(25)16(17)24)28-8-7-23(13-28)5-4-6-23/h14H,4-13H2,1-3H3/t14-/m1/s1. The van der Waals surface area contributed by atoms with Gasteiger partial charge in [0.1, 0.15) is 28.6 Å². The molecule has 33 heavy (non-hydrogen) atoms. The minimum Gasteiger partial charge on any atom is -0.489 e. The van der Waals surface area contributed by atoms with Crippen molar-refractivity contribution in [3.63, 3.8) is 0 Å². The smallest absolute Gasteiger partial charge is 0.410 e. The number of aromatic nitrogens is 1. The first-order valence-corrected chi connectivity index (χ1v) is 12.4. The fourth-order valence-corrected chi connectivity index (χ4v) is 5.70. The number of piperazine rings is 1. The topological polar surface area (TPSA) is 75.2 Å². The summed E-state index contributed by atoms with van der Waals surface area (Å²) in [4.78, 5) is 36.5. The van der Waals surface area contributed by atoms with Gasteiger partial charge in [-0.1, -0.05) is 29.6 Å². The molecule has 0 N–H and O–H groups in total. The van der Waals surface area contributed by atoms with Crippen molar-refractivity contribution >= 4 is 41.0 Å². The molecule has 1 atom stereocenters. The maximum atomic E-state index is 13.8. The van der Waals surface area contributed by atoms with Crippen LogP contribution in [0.25, 0.3) is 0 Å². The Balaban J connectivity index is 1.43. The zero-order chi connectivity index (χ0) is 23.5. The van der Waals surface area contributed by atoms with E-state index in [2.05, 4.69) is 9.88 Å². The monoisotopic (exact) mass is 496 g/mol. The maximum absolute atomic E-state index is 13.8. The zero-order valence-corrected chi connectivity index (χ0v) is 20.8. The number of hydrogen-bond donors (Lipinski definition) is 0. The van der Waals surface area contributed by atoms with E-state index in [9.17, 15) is 9.59 Å². The molecular weight excluding hydrogens is 467 g/mol.